The second-order valence-corrected chi connectivity index (χ2v) is 6.71. The van der Waals surface area contributed by atoms with Gasteiger partial charge >= 0.3 is 6.03 Å². The summed E-state index contributed by atoms with van der Waals surface area (Å²) in [6.07, 6.45) is 5.69. The Labute approximate surface area is 142 Å². The molecule has 0 unspecified atom stereocenters. The van der Waals surface area contributed by atoms with Gasteiger partial charge in [-0.1, -0.05) is 0 Å². The lowest BCUT2D eigenvalue weighted by Gasteiger charge is -2.35. The van der Waals surface area contributed by atoms with Crippen molar-refractivity contribution in [1.29, 1.82) is 0 Å². The summed E-state index contributed by atoms with van der Waals surface area (Å²) >= 11 is 0. The maximum atomic E-state index is 12.0. The normalized spacial score (nSPS) is 23.8. The molecule has 0 radical (unpaired) electrons. The summed E-state index contributed by atoms with van der Waals surface area (Å²) in [5, 5.41) is 8.28. The van der Waals surface area contributed by atoms with Crippen molar-refractivity contribution in [3.63, 3.8) is 0 Å². The third-order valence-corrected chi connectivity index (χ3v) is 4.70. The number of piperidine rings is 1. The molecule has 2 aliphatic heterocycles. The van der Waals surface area contributed by atoms with Crippen molar-refractivity contribution in [3.8, 4) is 0 Å². The Kier molecular flexibility index (Phi) is 4.87. The number of nitrogens with one attached hydrogen (secondary N) is 3. The fourth-order valence-corrected chi connectivity index (χ4v) is 3.41. The Bertz CT molecular complexity index is 633. The molecule has 0 bridgehead atoms. The summed E-state index contributed by atoms with van der Waals surface area (Å²) in [7, 11) is 0. The quantitative estimate of drug-likeness (QED) is 0.788. The minimum atomic E-state index is -0.309. The molecule has 3 amide bonds. The fraction of sp³-hybridized carbons (Fsp3) is 0.588. The van der Waals surface area contributed by atoms with Gasteiger partial charge in [0.25, 0.3) is 0 Å². The lowest BCUT2D eigenvalue weighted by atomic mass is 10.0. The molecule has 1 aromatic rings. The molecule has 0 aromatic carbocycles. The molecule has 0 saturated carbocycles. The van der Waals surface area contributed by atoms with E-state index in [-0.39, 0.29) is 18.0 Å². The van der Waals surface area contributed by atoms with Crippen LogP contribution in [-0.2, 0) is 4.79 Å². The van der Waals surface area contributed by atoms with Gasteiger partial charge in [0.2, 0.25) is 5.91 Å². The summed E-state index contributed by atoms with van der Waals surface area (Å²) in [6, 6.07) is 1.98. The van der Waals surface area contributed by atoms with Gasteiger partial charge in [-0.3, -0.25) is 4.79 Å². The summed E-state index contributed by atoms with van der Waals surface area (Å²) in [4.78, 5) is 30.1. The van der Waals surface area contributed by atoms with Crippen LogP contribution in [0.4, 0.5) is 16.3 Å². The van der Waals surface area contributed by atoms with Gasteiger partial charge < -0.3 is 20.9 Å². The van der Waals surface area contributed by atoms with Gasteiger partial charge in [0.15, 0.2) is 0 Å². The summed E-state index contributed by atoms with van der Waals surface area (Å²) in [5.74, 6) is 0.969. The monoisotopic (exact) mass is 331 g/mol. The number of hydrogen-bond acceptors (Lipinski definition) is 4. The Morgan fingerprint density at radius 1 is 1.42 bits per heavy atom. The molecule has 0 aliphatic carbocycles. The average Bonchev–Trinajstić information content (AvgIpc) is 2.93. The third kappa shape index (κ3) is 3.77. The molecule has 3 rings (SSSR count). The summed E-state index contributed by atoms with van der Waals surface area (Å²) in [6.45, 7) is 5.77. The first kappa shape index (κ1) is 16.5. The maximum absolute atomic E-state index is 12.0. The molecule has 3 heterocycles. The number of carbonyl (C=O) groups excluding carboxylic acids is 2. The number of nitrogens with zero attached hydrogens (tertiary/aromatic N) is 2. The van der Waals surface area contributed by atoms with E-state index in [0.29, 0.717) is 24.7 Å². The smallest absolute Gasteiger partial charge is 0.319 e. The Morgan fingerprint density at radius 2 is 2.25 bits per heavy atom. The van der Waals surface area contributed by atoms with E-state index >= 15 is 0 Å². The second-order valence-electron chi connectivity index (χ2n) is 6.71. The van der Waals surface area contributed by atoms with Crippen LogP contribution in [-0.4, -0.2) is 42.1 Å². The van der Waals surface area contributed by atoms with Crippen LogP contribution in [0.1, 0.15) is 38.2 Å². The fourth-order valence-electron chi connectivity index (χ4n) is 3.41. The Hall–Kier alpha value is -2.31. The third-order valence-electron chi connectivity index (χ3n) is 4.70. The zero-order valence-corrected chi connectivity index (χ0v) is 14.3. The molecular weight excluding hydrogens is 306 g/mol. The number of aryl methyl sites for hydroxylation is 1. The van der Waals surface area contributed by atoms with Crippen molar-refractivity contribution in [3.05, 3.63) is 17.8 Å². The number of carbonyl (C=O) groups is 2. The van der Waals surface area contributed by atoms with Crippen LogP contribution in [0.25, 0.3) is 0 Å². The van der Waals surface area contributed by atoms with Gasteiger partial charge in [-0.25, -0.2) is 9.78 Å². The molecule has 7 nitrogen and oxygen atoms in total. The molecular formula is C17H25N5O2. The molecule has 0 spiro atoms. The molecule has 2 aliphatic rings. The van der Waals surface area contributed by atoms with Gasteiger partial charge in [-0.2, -0.15) is 0 Å². The van der Waals surface area contributed by atoms with Crippen LogP contribution in [0.2, 0.25) is 0 Å². The van der Waals surface area contributed by atoms with Crippen LogP contribution in [0.5, 0.6) is 0 Å². The summed E-state index contributed by atoms with van der Waals surface area (Å²) < 4.78 is 0. The highest BCUT2D eigenvalue weighted by Crippen LogP contribution is 2.27. The highest BCUT2D eigenvalue weighted by atomic mass is 16.2. The lowest BCUT2D eigenvalue weighted by Crippen LogP contribution is -2.39. The molecule has 3 N–H and O–H groups in total. The van der Waals surface area contributed by atoms with Gasteiger partial charge in [0.1, 0.15) is 5.82 Å². The number of hydrogen-bond donors (Lipinski definition) is 3. The van der Waals surface area contributed by atoms with E-state index in [1.165, 1.54) is 19.3 Å². The largest absolute Gasteiger partial charge is 0.354 e. The first-order valence-corrected chi connectivity index (χ1v) is 8.60. The molecule has 24 heavy (non-hydrogen) atoms. The van der Waals surface area contributed by atoms with E-state index in [9.17, 15) is 9.59 Å². The average molecular weight is 331 g/mol. The van der Waals surface area contributed by atoms with Gasteiger partial charge in [0, 0.05) is 25.6 Å². The van der Waals surface area contributed by atoms with Gasteiger partial charge in [0.05, 0.1) is 17.9 Å². The van der Waals surface area contributed by atoms with Crippen molar-refractivity contribution in [2.24, 2.45) is 0 Å². The molecule has 2 saturated heterocycles. The Morgan fingerprint density at radius 3 is 2.92 bits per heavy atom. The number of rotatable bonds is 3. The van der Waals surface area contributed by atoms with E-state index < -0.39 is 0 Å². The number of pyridine rings is 1. The van der Waals surface area contributed by atoms with E-state index in [2.05, 4.69) is 32.8 Å². The molecule has 2 atom stereocenters. The lowest BCUT2D eigenvalue weighted by molar-refractivity contribution is -0.119. The standard InChI is InChI=1S/C17H25N5O2/c1-11-7-13(20-17(24)21-14-8-15(23)18-9-14)10-19-16(11)22-6-4-3-5-12(22)2/h7,10,12,14H,3-6,8-9H2,1-2H3,(H,18,23)(H2,20,21,24)/t12-,14-/m0/s1. The topological polar surface area (TPSA) is 86.4 Å². The van der Waals surface area contributed by atoms with Crippen LogP contribution in [0.15, 0.2) is 12.3 Å². The number of urea groups is 1. The highest BCUT2D eigenvalue weighted by molar-refractivity contribution is 5.90. The molecule has 130 valence electrons. The van der Waals surface area contributed by atoms with Crippen molar-refractivity contribution in [1.82, 2.24) is 15.6 Å². The van der Waals surface area contributed by atoms with Crippen LogP contribution >= 0.6 is 0 Å². The van der Waals surface area contributed by atoms with Crippen molar-refractivity contribution < 1.29 is 9.59 Å². The zero-order valence-electron chi connectivity index (χ0n) is 14.3. The van der Waals surface area contributed by atoms with Crippen LogP contribution in [0, 0.1) is 6.92 Å². The van der Waals surface area contributed by atoms with Crippen molar-refractivity contribution in [2.75, 3.05) is 23.3 Å². The minimum Gasteiger partial charge on any atom is -0.354 e. The number of anilines is 2. The number of aromatic nitrogens is 1. The summed E-state index contributed by atoms with van der Waals surface area (Å²) in [5.41, 5.74) is 1.72. The van der Waals surface area contributed by atoms with E-state index in [1.807, 2.05) is 13.0 Å². The second kappa shape index (κ2) is 7.07. The molecule has 7 heteroatoms. The van der Waals surface area contributed by atoms with E-state index in [0.717, 1.165) is 17.9 Å². The van der Waals surface area contributed by atoms with Gasteiger partial charge in [-0.15, -0.1) is 0 Å². The van der Waals surface area contributed by atoms with Crippen molar-refractivity contribution in [2.45, 2.75) is 51.6 Å². The number of amides is 3. The first-order valence-electron chi connectivity index (χ1n) is 8.60. The van der Waals surface area contributed by atoms with Crippen LogP contribution in [0.3, 0.4) is 0 Å². The highest BCUT2D eigenvalue weighted by Gasteiger charge is 2.23. The molecule has 1 aromatic heterocycles. The first-order chi connectivity index (χ1) is 11.5. The zero-order chi connectivity index (χ0) is 17.1. The minimum absolute atomic E-state index is 0.0298. The van der Waals surface area contributed by atoms with Crippen molar-refractivity contribution >= 4 is 23.4 Å². The predicted octanol–water partition coefficient (Wildman–Crippen LogP) is 1.78. The van der Waals surface area contributed by atoms with Crippen LogP contribution < -0.4 is 20.9 Å². The maximum Gasteiger partial charge on any atom is 0.319 e. The molecule has 2 fully saturated rings. The van der Waals surface area contributed by atoms with Gasteiger partial charge in [-0.05, 0) is 44.7 Å². The van der Waals surface area contributed by atoms with E-state index in [4.69, 9.17) is 0 Å². The Balaban J connectivity index is 1.61. The predicted molar refractivity (Wildman–Crippen MR) is 93.2 cm³/mol. The SMILES string of the molecule is Cc1cc(NC(=O)N[C@@H]2CNC(=O)C2)cnc1N1CCCC[C@@H]1C. The van der Waals surface area contributed by atoms with E-state index in [1.54, 1.807) is 6.20 Å².